The number of hydrogen-bond donors (Lipinski definition) is 1. The molecule has 0 radical (unpaired) electrons. The highest BCUT2D eigenvalue weighted by atomic mass is 32.1. The highest BCUT2D eigenvalue weighted by Crippen LogP contribution is 2.22. The molecule has 0 aliphatic carbocycles. The lowest BCUT2D eigenvalue weighted by Crippen LogP contribution is -2.22. The number of nitrogens with zero attached hydrogens (tertiary/aromatic N) is 2. The predicted octanol–water partition coefficient (Wildman–Crippen LogP) is 2.73. The van der Waals surface area contributed by atoms with Crippen molar-refractivity contribution in [3.63, 3.8) is 0 Å². The van der Waals surface area contributed by atoms with Crippen LogP contribution in [0.1, 0.15) is 16.2 Å². The van der Waals surface area contributed by atoms with Gasteiger partial charge in [0.1, 0.15) is 5.01 Å². The van der Waals surface area contributed by atoms with E-state index >= 15 is 0 Å². The van der Waals surface area contributed by atoms with Gasteiger partial charge in [0.15, 0.2) is 5.76 Å². The summed E-state index contributed by atoms with van der Waals surface area (Å²) in [5.41, 5.74) is 1.84. The first-order valence-corrected chi connectivity index (χ1v) is 6.87. The smallest absolute Gasteiger partial charge is 0.287 e. The molecule has 5 nitrogen and oxygen atoms in total. The van der Waals surface area contributed by atoms with Gasteiger partial charge in [0, 0.05) is 23.3 Å². The minimum atomic E-state index is -0.242. The molecule has 0 atom stereocenters. The number of pyridine rings is 1. The first-order chi connectivity index (χ1) is 9.83. The summed E-state index contributed by atoms with van der Waals surface area (Å²) in [6, 6.07) is 7.12. The Morgan fingerprint density at radius 2 is 2.15 bits per heavy atom. The van der Waals surface area contributed by atoms with Crippen LogP contribution < -0.4 is 5.32 Å². The standard InChI is InChI=1S/C14H11N3O2S/c18-13(12-2-1-7-19-12)16-8-11-9-20-14(17-11)10-3-5-15-6-4-10/h1-7,9H,8H2,(H,16,18). The Balaban J connectivity index is 1.65. The lowest BCUT2D eigenvalue weighted by molar-refractivity contribution is 0.0922. The van der Waals surface area contributed by atoms with Crippen LogP contribution in [0.3, 0.4) is 0 Å². The van der Waals surface area contributed by atoms with Gasteiger partial charge in [-0.3, -0.25) is 9.78 Å². The monoisotopic (exact) mass is 285 g/mol. The van der Waals surface area contributed by atoms with Gasteiger partial charge in [-0.2, -0.15) is 0 Å². The topological polar surface area (TPSA) is 68.0 Å². The van der Waals surface area contributed by atoms with E-state index in [-0.39, 0.29) is 5.91 Å². The zero-order chi connectivity index (χ0) is 13.8. The van der Waals surface area contributed by atoms with Gasteiger partial charge in [0.2, 0.25) is 0 Å². The number of nitrogens with one attached hydrogen (secondary N) is 1. The summed E-state index contributed by atoms with van der Waals surface area (Å²) >= 11 is 1.54. The van der Waals surface area contributed by atoms with E-state index in [2.05, 4.69) is 15.3 Å². The molecule has 3 aromatic rings. The molecular weight excluding hydrogens is 274 g/mol. The molecule has 0 aliphatic rings. The minimum absolute atomic E-state index is 0.242. The third-order valence-corrected chi connectivity index (χ3v) is 3.59. The third-order valence-electron chi connectivity index (χ3n) is 2.65. The Morgan fingerprint density at radius 3 is 2.90 bits per heavy atom. The fraction of sp³-hybridized carbons (Fsp3) is 0.0714. The zero-order valence-electron chi connectivity index (χ0n) is 10.4. The first kappa shape index (κ1) is 12.6. The van der Waals surface area contributed by atoms with E-state index < -0.39 is 0 Å². The summed E-state index contributed by atoms with van der Waals surface area (Å²) in [5.74, 6) is 0.0584. The molecule has 0 saturated carbocycles. The molecule has 1 N–H and O–H groups in total. The van der Waals surface area contributed by atoms with Crippen molar-refractivity contribution in [2.45, 2.75) is 6.54 Å². The molecule has 3 heterocycles. The van der Waals surface area contributed by atoms with Gasteiger partial charge in [0.25, 0.3) is 5.91 Å². The summed E-state index contributed by atoms with van der Waals surface area (Å²) in [6.45, 7) is 0.376. The fourth-order valence-electron chi connectivity index (χ4n) is 1.68. The number of furan rings is 1. The molecule has 0 unspecified atom stereocenters. The lowest BCUT2D eigenvalue weighted by Gasteiger charge is -1.99. The SMILES string of the molecule is O=C(NCc1csc(-c2ccncc2)n1)c1ccco1. The number of rotatable bonds is 4. The normalized spacial score (nSPS) is 10.4. The van der Waals surface area contributed by atoms with Crippen LogP contribution in [0.15, 0.2) is 52.7 Å². The summed E-state index contributed by atoms with van der Waals surface area (Å²) in [4.78, 5) is 20.2. The van der Waals surface area contributed by atoms with Crippen LogP contribution in [0.2, 0.25) is 0 Å². The van der Waals surface area contributed by atoms with E-state index in [9.17, 15) is 4.79 Å². The second kappa shape index (κ2) is 5.66. The van der Waals surface area contributed by atoms with E-state index in [0.29, 0.717) is 12.3 Å². The van der Waals surface area contributed by atoms with Crippen LogP contribution in [0, 0.1) is 0 Å². The van der Waals surface area contributed by atoms with Crippen molar-refractivity contribution >= 4 is 17.2 Å². The van der Waals surface area contributed by atoms with E-state index in [1.807, 2.05) is 17.5 Å². The van der Waals surface area contributed by atoms with Crippen molar-refractivity contribution in [2.24, 2.45) is 0 Å². The van der Waals surface area contributed by atoms with Crippen LogP contribution in [0.25, 0.3) is 10.6 Å². The number of carbonyl (C=O) groups excluding carboxylic acids is 1. The third kappa shape index (κ3) is 2.75. The van der Waals surface area contributed by atoms with Crippen LogP contribution in [0.4, 0.5) is 0 Å². The number of aromatic nitrogens is 2. The van der Waals surface area contributed by atoms with Gasteiger partial charge < -0.3 is 9.73 Å². The Morgan fingerprint density at radius 1 is 1.30 bits per heavy atom. The van der Waals surface area contributed by atoms with Crippen LogP contribution in [-0.2, 0) is 6.54 Å². The molecule has 6 heteroatoms. The minimum Gasteiger partial charge on any atom is -0.459 e. The Bertz CT molecular complexity index is 692. The Labute approximate surface area is 119 Å². The maximum atomic E-state index is 11.7. The molecule has 0 bridgehead atoms. The number of hydrogen-bond acceptors (Lipinski definition) is 5. The van der Waals surface area contributed by atoms with Gasteiger partial charge in [-0.25, -0.2) is 4.98 Å². The van der Waals surface area contributed by atoms with Crippen LogP contribution >= 0.6 is 11.3 Å². The van der Waals surface area contributed by atoms with E-state index in [1.54, 1.807) is 24.5 Å². The highest BCUT2D eigenvalue weighted by molar-refractivity contribution is 7.13. The Kier molecular flexibility index (Phi) is 3.56. The summed E-state index contributed by atoms with van der Waals surface area (Å²) in [5, 5.41) is 5.61. The van der Waals surface area contributed by atoms with Crippen LogP contribution in [-0.4, -0.2) is 15.9 Å². The fourth-order valence-corrected chi connectivity index (χ4v) is 2.51. The molecule has 20 heavy (non-hydrogen) atoms. The van der Waals surface area contributed by atoms with Gasteiger partial charge in [-0.1, -0.05) is 0 Å². The molecule has 1 amide bonds. The molecule has 0 aromatic carbocycles. The van der Waals surface area contributed by atoms with Crippen molar-refractivity contribution in [1.29, 1.82) is 0 Å². The lowest BCUT2D eigenvalue weighted by atomic mass is 10.3. The molecule has 100 valence electrons. The van der Waals surface area contributed by atoms with Gasteiger partial charge >= 0.3 is 0 Å². The second-order valence-electron chi connectivity index (χ2n) is 4.04. The average Bonchev–Trinajstić information content (AvgIpc) is 3.17. The maximum Gasteiger partial charge on any atom is 0.287 e. The highest BCUT2D eigenvalue weighted by Gasteiger charge is 2.09. The Hall–Kier alpha value is -2.47. The number of thiazole rings is 1. The van der Waals surface area contributed by atoms with E-state index in [0.717, 1.165) is 16.3 Å². The average molecular weight is 285 g/mol. The number of carbonyl (C=O) groups is 1. The molecule has 0 aliphatic heterocycles. The first-order valence-electron chi connectivity index (χ1n) is 5.99. The molecule has 3 rings (SSSR count). The molecule has 0 saturated heterocycles. The zero-order valence-corrected chi connectivity index (χ0v) is 11.3. The summed E-state index contributed by atoms with van der Waals surface area (Å²) < 4.78 is 5.02. The molecule has 0 spiro atoms. The van der Waals surface area contributed by atoms with Gasteiger partial charge in [-0.05, 0) is 24.3 Å². The summed E-state index contributed by atoms with van der Waals surface area (Å²) in [7, 11) is 0. The maximum absolute atomic E-state index is 11.7. The van der Waals surface area contributed by atoms with E-state index in [4.69, 9.17) is 4.42 Å². The van der Waals surface area contributed by atoms with Gasteiger partial charge in [0.05, 0.1) is 18.5 Å². The van der Waals surface area contributed by atoms with Crippen molar-refractivity contribution in [3.05, 3.63) is 59.8 Å². The van der Waals surface area contributed by atoms with Gasteiger partial charge in [-0.15, -0.1) is 11.3 Å². The number of amides is 1. The van der Waals surface area contributed by atoms with Crippen molar-refractivity contribution in [2.75, 3.05) is 0 Å². The molecular formula is C14H11N3O2S. The largest absolute Gasteiger partial charge is 0.459 e. The summed E-state index contributed by atoms with van der Waals surface area (Å²) in [6.07, 6.45) is 4.93. The van der Waals surface area contributed by atoms with Crippen molar-refractivity contribution in [3.8, 4) is 10.6 Å². The predicted molar refractivity (Wildman–Crippen MR) is 75.2 cm³/mol. The van der Waals surface area contributed by atoms with Crippen LogP contribution in [0.5, 0.6) is 0 Å². The molecule has 3 aromatic heterocycles. The quantitative estimate of drug-likeness (QED) is 0.800. The van der Waals surface area contributed by atoms with Crippen molar-refractivity contribution in [1.82, 2.24) is 15.3 Å². The second-order valence-corrected chi connectivity index (χ2v) is 4.90. The molecule has 0 fully saturated rings. The van der Waals surface area contributed by atoms with Crippen molar-refractivity contribution < 1.29 is 9.21 Å². The van der Waals surface area contributed by atoms with E-state index in [1.165, 1.54) is 17.6 Å².